The van der Waals surface area contributed by atoms with Crippen LogP contribution in [0.25, 0.3) is 0 Å². The van der Waals surface area contributed by atoms with Gasteiger partial charge in [-0.15, -0.1) is 0 Å². The van der Waals surface area contributed by atoms with Gasteiger partial charge < -0.3 is 9.64 Å². The van der Waals surface area contributed by atoms with Gasteiger partial charge >= 0.3 is 0 Å². The summed E-state index contributed by atoms with van der Waals surface area (Å²) in [5.74, 6) is -0.265. The van der Waals surface area contributed by atoms with E-state index in [1.807, 2.05) is 4.90 Å². The molecule has 1 fully saturated rings. The molecule has 0 unspecified atom stereocenters. The van der Waals surface area contributed by atoms with Gasteiger partial charge in [-0.25, -0.2) is 0 Å². The van der Waals surface area contributed by atoms with Crippen molar-refractivity contribution in [3.63, 3.8) is 0 Å². The number of amides is 1. The third kappa shape index (κ3) is 3.38. The zero-order valence-electron chi connectivity index (χ0n) is 9.76. The first-order valence-corrected chi connectivity index (χ1v) is 6.01. The van der Waals surface area contributed by atoms with Crippen LogP contribution >= 0.6 is 12.2 Å². The van der Waals surface area contributed by atoms with Crippen molar-refractivity contribution in [1.29, 1.82) is 0 Å². The Kier molecular flexibility index (Phi) is 4.43. The molecule has 0 saturated carbocycles. The number of morpholine rings is 1. The van der Waals surface area contributed by atoms with Crippen molar-refractivity contribution in [2.24, 2.45) is 0 Å². The van der Waals surface area contributed by atoms with Crippen LogP contribution in [0.4, 0.5) is 0 Å². The molecular weight excluding hydrogens is 252 g/mol. The SMILES string of the molecule is O=C(NNC(=S)N1CCOCC1)c1cccnc1. The van der Waals surface area contributed by atoms with Crippen LogP contribution in [-0.4, -0.2) is 47.2 Å². The Bertz CT molecular complexity index is 420. The number of nitrogens with one attached hydrogen (secondary N) is 2. The second kappa shape index (κ2) is 6.27. The average Bonchev–Trinajstić information content (AvgIpc) is 2.46. The standard InChI is InChI=1S/C11H14N4O2S/c16-10(9-2-1-3-12-8-9)13-14-11(18)15-4-6-17-7-5-15/h1-3,8H,4-7H2,(H,13,16)(H,14,18). The quantitative estimate of drug-likeness (QED) is 0.548. The molecule has 2 heterocycles. The molecule has 2 rings (SSSR count). The number of rotatable bonds is 1. The highest BCUT2D eigenvalue weighted by atomic mass is 32.1. The Morgan fingerprint density at radius 2 is 2.17 bits per heavy atom. The minimum atomic E-state index is -0.265. The van der Waals surface area contributed by atoms with E-state index in [-0.39, 0.29) is 5.91 Å². The van der Waals surface area contributed by atoms with Gasteiger partial charge in [-0.3, -0.25) is 20.6 Å². The topological polar surface area (TPSA) is 66.5 Å². The van der Waals surface area contributed by atoms with Gasteiger partial charge in [0.1, 0.15) is 0 Å². The lowest BCUT2D eigenvalue weighted by Gasteiger charge is -2.29. The number of thiocarbonyl (C=S) groups is 1. The Morgan fingerprint density at radius 1 is 1.39 bits per heavy atom. The summed E-state index contributed by atoms with van der Waals surface area (Å²) in [7, 11) is 0. The Labute approximate surface area is 110 Å². The summed E-state index contributed by atoms with van der Waals surface area (Å²) in [5.41, 5.74) is 5.75. The van der Waals surface area contributed by atoms with Crippen LogP contribution in [0.3, 0.4) is 0 Å². The number of hydrogen-bond donors (Lipinski definition) is 2. The van der Waals surface area contributed by atoms with Crippen LogP contribution in [0.2, 0.25) is 0 Å². The largest absolute Gasteiger partial charge is 0.378 e. The monoisotopic (exact) mass is 266 g/mol. The van der Waals surface area contributed by atoms with Crippen LogP contribution in [0.5, 0.6) is 0 Å². The zero-order chi connectivity index (χ0) is 12.8. The smallest absolute Gasteiger partial charge is 0.271 e. The normalized spacial score (nSPS) is 15.0. The lowest BCUT2D eigenvalue weighted by molar-refractivity contribution is 0.0670. The molecule has 7 heteroatoms. The summed E-state index contributed by atoms with van der Waals surface area (Å²) in [6, 6.07) is 3.39. The fraction of sp³-hybridized carbons (Fsp3) is 0.364. The number of ether oxygens (including phenoxy) is 1. The van der Waals surface area contributed by atoms with E-state index in [0.29, 0.717) is 23.9 Å². The number of carbonyl (C=O) groups excluding carboxylic acids is 1. The van der Waals surface area contributed by atoms with Gasteiger partial charge in [-0.1, -0.05) is 0 Å². The summed E-state index contributed by atoms with van der Waals surface area (Å²) >= 11 is 5.17. The maximum atomic E-state index is 11.7. The van der Waals surface area contributed by atoms with E-state index in [9.17, 15) is 4.79 Å². The van der Waals surface area contributed by atoms with Gasteiger partial charge in [-0.05, 0) is 24.4 Å². The van der Waals surface area contributed by atoms with Crippen molar-refractivity contribution in [3.8, 4) is 0 Å². The van der Waals surface area contributed by atoms with E-state index in [1.54, 1.807) is 18.3 Å². The van der Waals surface area contributed by atoms with Crippen molar-refractivity contribution in [2.45, 2.75) is 0 Å². The van der Waals surface area contributed by atoms with E-state index in [0.717, 1.165) is 13.1 Å². The third-order valence-corrected chi connectivity index (χ3v) is 2.87. The van der Waals surface area contributed by atoms with Crippen LogP contribution < -0.4 is 10.9 Å². The summed E-state index contributed by atoms with van der Waals surface area (Å²) in [4.78, 5) is 17.5. The Hall–Kier alpha value is -1.73. The Morgan fingerprint density at radius 3 is 2.83 bits per heavy atom. The van der Waals surface area contributed by atoms with E-state index in [4.69, 9.17) is 17.0 Å². The minimum absolute atomic E-state index is 0.265. The first-order chi connectivity index (χ1) is 8.77. The first kappa shape index (κ1) is 12.7. The maximum Gasteiger partial charge on any atom is 0.271 e. The summed E-state index contributed by atoms with van der Waals surface area (Å²) < 4.78 is 5.22. The molecule has 2 N–H and O–H groups in total. The second-order valence-corrected chi connectivity index (χ2v) is 4.11. The molecular formula is C11H14N4O2S. The van der Waals surface area contributed by atoms with E-state index in [2.05, 4.69) is 15.8 Å². The van der Waals surface area contributed by atoms with E-state index in [1.165, 1.54) is 6.20 Å². The third-order valence-electron chi connectivity index (χ3n) is 2.50. The molecule has 0 atom stereocenters. The summed E-state index contributed by atoms with van der Waals surface area (Å²) in [6.07, 6.45) is 3.11. The molecule has 0 aromatic carbocycles. The van der Waals surface area contributed by atoms with Crippen LogP contribution in [-0.2, 0) is 4.74 Å². The lowest BCUT2D eigenvalue weighted by atomic mass is 10.3. The molecule has 1 saturated heterocycles. The molecule has 0 radical (unpaired) electrons. The predicted octanol–water partition coefficient (Wildman–Crippen LogP) is -0.0669. The molecule has 1 aliphatic rings. The Balaban J connectivity index is 1.80. The number of aromatic nitrogens is 1. The summed E-state index contributed by atoms with van der Waals surface area (Å²) in [6.45, 7) is 2.76. The predicted molar refractivity (Wildman–Crippen MR) is 69.8 cm³/mol. The minimum Gasteiger partial charge on any atom is -0.378 e. The zero-order valence-corrected chi connectivity index (χ0v) is 10.6. The van der Waals surface area contributed by atoms with E-state index >= 15 is 0 Å². The number of pyridine rings is 1. The van der Waals surface area contributed by atoms with Crippen molar-refractivity contribution in [1.82, 2.24) is 20.7 Å². The maximum absolute atomic E-state index is 11.7. The van der Waals surface area contributed by atoms with E-state index < -0.39 is 0 Å². The molecule has 1 amide bonds. The average molecular weight is 266 g/mol. The highest BCUT2D eigenvalue weighted by Crippen LogP contribution is 1.97. The van der Waals surface area contributed by atoms with Crippen molar-refractivity contribution in [3.05, 3.63) is 30.1 Å². The lowest BCUT2D eigenvalue weighted by Crippen LogP contribution is -2.51. The molecule has 1 aromatic rings. The van der Waals surface area contributed by atoms with Gasteiger partial charge in [-0.2, -0.15) is 0 Å². The number of hydrazine groups is 1. The molecule has 6 nitrogen and oxygen atoms in total. The highest BCUT2D eigenvalue weighted by Gasteiger charge is 2.14. The molecule has 0 bridgehead atoms. The molecule has 1 aliphatic heterocycles. The highest BCUT2D eigenvalue weighted by molar-refractivity contribution is 7.80. The summed E-state index contributed by atoms with van der Waals surface area (Å²) in [5, 5.41) is 0.496. The second-order valence-electron chi connectivity index (χ2n) is 3.73. The first-order valence-electron chi connectivity index (χ1n) is 5.60. The molecule has 96 valence electrons. The number of nitrogens with zero attached hydrogens (tertiary/aromatic N) is 2. The van der Waals surface area contributed by atoms with Crippen LogP contribution in [0, 0.1) is 0 Å². The number of carbonyl (C=O) groups is 1. The van der Waals surface area contributed by atoms with Crippen molar-refractivity contribution in [2.75, 3.05) is 26.3 Å². The van der Waals surface area contributed by atoms with Gasteiger partial charge in [0.2, 0.25) is 0 Å². The van der Waals surface area contributed by atoms with Crippen molar-refractivity contribution < 1.29 is 9.53 Å². The molecule has 0 aliphatic carbocycles. The van der Waals surface area contributed by atoms with Crippen LogP contribution in [0.1, 0.15) is 10.4 Å². The molecule has 1 aromatic heterocycles. The van der Waals surface area contributed by atoms with Gasteiger partial charge in [0.15, 0.2) is 5.11 Å². The number of hydrogen-bond acceptors (Lipinski definition) is 4. The fourth-order valence-electron chi connectivity index (χ4n) is 1.52. The van der Waals surface area contributed by atoms with Gasteiger partial charge in [0, 0.05) is 25.5 Å². The molecule has 18 heavy (non-hydrogen) atoms. The van der Waals surface area contributed by atoms with Crippen LogP contribution in [0.15, 0.2) is 24.5 Å². The van der Waals surface area contributed by atoms with Gasteiger partial charge in [0.05, 0.1) is 18.8 Å². The molecule has 0 spiro atoms. The fourth-order valence-corrected chi connectivity index (χ4v) is 1.76. The van der Waals surface area contributed by atoms with Crippen molar-refractivity contribution >= 4 is 23.2 Å². The van der Waals surface area contributed by atoms with Gasteiger partial charge in [0.25, 0.3) is 5.91 Å².